The van der Waals surface area contributed by atoms with Gasteiger partial charge in [0.1, 0.15) is 17.2 Å². The molecule has 0 spiro atoms. The van der Waals surface area contributed by atoms with Gasteiger partial charge < -0.3 is 9.47 Å². The van der Waals surface area contributed by atoms with E-state index in [0.29, 0.717) is 0 Å². The molecule has 0 aliphatic heterocycles. The predicted molar refractivity (Wildman–Crippen MR) is 83.4 cm³/mol. The largest absolute Gasteiger partial charge is 0.497 e. The van der Waals surface area contributed by atoms with Gasteiger partial charge in [0.05, 0.1) is 7.11 Å². The van der Waals surface area contributed by atoms with Crippen LogP contribution in [0.1, 0.15) is 12.0 Å². The summed E-state index contributed by atoms with van der Waals surface area (Å²) in [7, 11) is 1.64. The summed E-state index contributed by atoms with van der Waals surface area (Å²) in [5.74, 6) is 2.37. The van der Waals surface area contributed by atoms with Crippen molar-refractivity contribution < 1.29 is 9.47 Å². The zero-order valence-electron chi connectivity index (χ0n) is 11.6. The standard InChI is InChI=1S/C18H18O2/c1-4-7-14(2)17-8-5-6-9-18(17)20-16-12-10-15(19-3)11-13-16/h4-6,8-13H,1-2,7H2,3H3. The first-order valence-corrected chi connectivity index (χ1v) is 6.44. The summed E-state index contributed by atoms with van der Waals surface area (Å²) in [6, 6.07) is 15.4. The van der Waals surface area contributed by atoms with Crippen molar-refractivity contribution in [3.63, 3.8) is 0 Å². The van der Waals surface area contributed by atoms with Gasteiger partial charge in [0.25, 0.3) is 0 Å². The Hall–Kier alpha value is -2.48. The van der Waals surface area contributed by atoms with Crippen LogP contribution in [0.3, 0.4) is 0 Å². The van der Waals surface area contributed by atoms with Gasteiger partial charge in [-0.1, -0.05) is 30.9 Å². The Morgan fingerprint density at radius 2 is 1.70 bits per heavy atom. The summed E-state index contributed by atoms with van der Waals surface area (Å²) in [4.78, 5) is 0. The third-order valence-electron chi connectivity index (χ3n) is 2.95. The molecule has 2 aromatic carbocycles. The molecule has 2 rings (SSSR count). The minimum atomic E-state index is 0.739. The Balaban J connectivity index is 2.23. The van der Waals surface area contributed by atoms with Crippen LogP contribution in [0.4, 0.5) is 0 Å². The lowest BCUT2D eigenvalue weighted by Crippen LogP contribution is -1.91. The van der Waals surface area contributed by atoms with E-state index in [0.717, 1.165) is 34.8 Å². The van der Waals surface area contributed by atoms with Crippen LogP contribution in [0.15, 0.2) is 67.8 Å². The molecule has 0 radical (unpaired) electrons. The molecule has 20 heavy (non-hydrogen) atoms. The zero-order chi connectivity index (χ0) is 14.4. The molecule has 2 nitrogen and oxygen atoms in total. The zero-order valence-corrected chi connectivity index (χ0v) is 11.6. The number of allylic oxidation sites excluding steroid dienone is 2. The maximum atomic E-state index is 5.93. The van der Waals surface area contributed by atoms with E-state index in [1.807, 2.05) is 54.6 Å². The summed E-state index contributed by atoms with van der Waals surface area (Å²) in [5, 5.41) is 0. The SMILES string of the molecule is C=CCC(=C)c1ccccc1Oc1ccc(OC)cc1. The summed E-state index contributed by atoms with van der Waals surface area (Å²) in [6.45, 7) is 7.82. The first-order chi connectivity index (χ1) is 9.74. The van der Waals surface area contributed by atoms with E-state index in [2.05, 4.69) is 13.2 Å². The van der Waals surface area contributed by atoms with Crippen molar-refractivity contribution in [2.45, 2.75) is 6.42 Å². The lowest BCUT2D eigenvalue weighted by Gasteiger charge is -2.12. The highest BCUT2D eigenvalue weighted by Gasteiger charge is 2.07. The second-order valence-corrected chi connectivity index (χ2v) is 4.37. The fourth-order valence-electron chi connectivity index (χ4n) is 1.90. The second kappa shape index (κ2) is 6.62. The Bertz CT molecular complexity index is 597. The topological polar surface area (TPSA) is 18.5 Å². The normalized spacial score (nSPS) is 9.85. The van der Waals surface area contributed by atoms with Gasteiger partial charge >= 0.3 is 0 Å². The van der Waals surface area contributed by atoms with Crippen molar-refractivity contribution in [2.75, 3.05) is 7.11 Å². The Labute approximate surface area is 120 Å². The summed E-state index contributed by atoms with van der Waals surface area (Å²) < 4.78 is 11.1. The molecule has 2 aromatic rings. The highest BCUT2D eigenvalue weighted by Crippen LogP contribution is 2.31. The van der Waals surface area contributed by atoms with E-state index in [4.69, 9.17) is 9.47 Å². The van der Waals surface area contributed by atoms with E-state index in [1.54, 1.807) is 7.11 Å². The van der Waals surface area contributed by atoms with Crippen LogP contribution < -0.4 is 9.47 Å². The molecule has 0 N–H and O–H groups in total. The quantitative estimate of drug-likeness (QED) is 0.679. The molecule has 0 aliphatic carbocycles. The molecule has 0 unspecified atom stereocenters. The molecule has 0 aliphatic rings. The van der Waals surface area contributed by atoms with Crippen molar-refractivity contribution in [3.8, 4) is 17.2 Å². The number of ether oxygens (including phenoxy) is 2. The lowest BCUT2D eigenvalue weighted by atomic mass is 10.0. The van der Waals surface area contributed by atoms with Gasteiger partial charge in [0.15, 0.2) is 0 Å². The van der Waals surface area contributed by atoms with Crippen LogP contribution in [0, 0.1) is 0 Å². The molecular formula is C18H18O2. The molecule has 0 amide bonds. The third-order valence-corrected chi connectivity index (χ3v) is 2.95. The Morgan fingerprint density at radius 3 is 2.35 bits per heavy atom. The molecule has 0 aromatic heterocycles. The maximum absolute atomic E-state index is 5.93. The van der Waals surface area contributed by atoms with Gasteiger partial charge in [0, 0.05) is 5.56 Å². The maximum Gasteiger partial charge on any atom is 0.134 e. The number of benzene rings is 2. The van der Waals surface area contributed by atoms with E-state index in [-0.39, 0.29) is 0 Å². The fraction of sp³-hybridized carbons (Fsp3) is 0.111. The van der Waals surface area contributed by atoms with Crippen molar-refractivity contribution in [3.05, 3.63) is 73.3 Å². The molecule has 0 heterocycles. The highest BCUT2D eigenvalue weighted by molar-refractivity contribution is 5.70. The number of rotatable bonds is 6. The first-order valence-electron chi connectivity index (χ1n) is 6.44. The molecule has 0 saturated carbocycles. The van der Waals surface area contributed by atoms with Crippen LogP contribution in [0.5, 0.6) is 17.2 Å². The van der Waals surface area contributed by atoms with Crippen LogP contribution in [-0.4, -0.2) is 7.11 Å². The van der Waals surface area contributed by atoms with Gasteiger partial charge in [-0.25, -0.2) is 0 Å². The lowest BCUT2D eigenvalue weighted by molar-refractivity contribution is 0.413. The van der Waals surface area contributed by atoms with Crippen LogP contribution in [0.2, 0.25) is 0 Å². The Kier molecular flexibility index (Phi) is 4.61. The molecular weight excluding hydrogens is 248 g/mol. The van der Waals surface area contributed by atoms with Crippen molar-refractivity contribution in [1.82, 2.24) is 0 Å². The van der Waals surface area contributed by atoms with E-state index in [9.17, 15) is 0 Å². The molecule has 0 bridgehead atoms. The predicted octanol–water partition coefficient (Wildman–Crippen LogP) is 5.08. The van der Waals surface area contributed by atoms with Crippen molar-refractivity contribution >= 4 is 5.57 Å². The molecule has 0 saturated heterocycles. The summed E-state index contributed by atoms with van der Waals surface area (Å²) >= 11 is 0. The second-order valence-electron chi connectivity index (χ2n) is 4.37. The monoisotopic (exact) mass is 266 g/mol. The van der Waals surface area contributed by atoms with Crippen LogP contribution in [-0.2, 0) is 0 Å². The smallest absolute Gasteiger partial charge is 0.134 e. The highest BCUT2D eigenvalue weighted by atomic mass is 16.5. The van der Waals surface area contributed by atoms with E-state index < -0.39 is 0 Å². The Morgan fingerprint density at radius 1 is 1.05 bits per heavy atom. The van der Waals surface area contributed by atoms with Gasteiger partial charge in [0.2, 0.25) is 0 Å². The van der Waals surface area contributed by atoms with E-state index in [1.165, 1.54) is 0 Å². The van der Waals surface area contributed by atoms with Gasteiger partial charge in [-0.15, -0.1) is 6.58 Å². The third kappa shape index (κ3) is 3.29. The minimum Gasteiger partial charge on any atom is -0.497 e. The van der Waals surface area contributed by atoms with Crippen molar-refractivity contribution in [1.29, 1.82) is 0 Å². The van der Waals surface area contributed by atoms with Gasteiger partial charge in [-0.3, -0.25) is 0 Å². The fourth-order valence-corrected chi connectivity index (χ4v) is 1.90. The number of hydrogen-bond acceptors (Lipinski definition) is 2. The summed E-state index contributed by atoms with van der Waals surface area (Å²) in [6.07, 6.45) is 2.58. The van der Waals surface area contributed by atoms with Crippen molar-refractivity contribution in [2.24, 2.45) is 0 Å². The average Bonchev–Trinajstić information content (AvgIpc) is 2.49. The van der Waals surface area contributed by atoms with Gasteiger partial charge in [-0.05, 0) is 42.3 Å². The molecule has 0 atom stereocenters. The van der Waals surface area contributed by atoms with E-state index >= 15 is 0 Å². The molecule has 2 heteroatoms. The van der Waals surface area contributed by atoms with Crippen LogP contribution in [0.25, 0.3) is 5.57 Å². The average molecular weight is 266 g/mol. The summed E-state index contributed by atoms with van der Waals surface area (Å²) in [5.41, 5.74) is 1.99. The van der Waals surface area contributed by atoms with Crippen LogP contribution >= 0.6 is 0 Å². The van der Waals surface area contributed by atoms with Gasteiger partial charge in [-0.2, -0.15) is 0 Å². The number of para-hydroxylation sites is 1. The minimum absolute atomic E-state index is 0.739. The number of methoxy groups -OCH3 is 1. The number of hydrogen-bond donors (Lipinski definition) is 0. The molecule has 102 valence electrons. The first kappa shape index (κ1) is 13.9. The molecule has 0 fully saturated rings.